The van der Waals surface area contributed by atoms with Crippen LogP contribution in [0.15, 0.2) is 89.2 Å². The predicted molar refractivity (Wildman–Crippen MR) is 135 cm³/mol. The van der Waals surface area contributed by atoms with E-state index in [0.717, 1.165) is 17.4 Å². The number of ether oxygens (including phenoxy) is 1. The van der Waals surface area contributed by atoms with E-state index in [-0.39, 0.29) is 19.1 Å². The molecule has 174 valence electrons. The van der Waals surface area contributed by atoms with Crippen molar-refractivity contribution in [2.75, 3.05) is 6.61 Å². The van der Waals surface area contributed by atoms with E-state index in [4.69, 9.17) is 16.3 Å². The first-order chi connectivity index (χ1) is 17.2. The Labute approximate surface area is 211 Å². The summed E-state index contributed by atoms with van der Waals surface area (Å²) in [5, 5.41) is 3.72. The van der Waals surface area contributed by atoms with Gasteiger partial charge in [-0.3, -0.25) is 9.78 Å². The number of pyridine rings is 2. The molecular weight excluding hydrogens is 482 g/mol. The van der Waals surface area contributed by atoms with E-state index < -0.39 is 6.09 Å². The topological polar surface area (TPSA) is 81.2 Å². The van der Waals surface area contributed by atoms with Crippen LogP contribution in [0.1, 0.15) is 33.0 Å². The highest BCUT2D eigenvalue weighted by atomic mass is 35.5. The molecule has 0 saturated carbocycles. The minimum atomic E-state index is -0.533. The molecule has 0 aliphatic heterocycles. The van der Waals surface area contributed by atoms with Crippen LogP contribution in [0.4, 0.5) is 4.79 Å². The Morgan fingerprint density at radius 3 is 2.46 bits per heavy atom. The fraction of sp³-hybridized carbons (Fsp3) is 0.111. The first kappa shape index (κ1) is 23.1. The number of benzene rings is 2. The highest BCUT2D eigenvalue weighted by molar-refractivity contribution is 7.99. The zero-order valence-corrected chi connectivity index (χ0v) is 20.1. The van der Waals surface area contributed by atoms with Crippen LogP contribution in [0.3, 0.4) is 0 Å². The van der Waals surface area contributed by atoms with Crippen molar-refractivity contribution < 1.29 is 14.3 Å². The number of fused-ring (bicyclic) bond motifs is 3. The molecular formula is C27H20ClN3O3S. The Morgan fingerprint density at radius 2 is 1.74 bits per heavy atom. The maximum atomic E-state index is 12.6. The Kier molecular flexibility index (Phi) is 6.79. The third-order valence-corrected chi connectivity index (χ3v) is 7.44. The fourth-order valence-corrected chi connectivity index (χ4v) is 5.44. The minimum Gasteiger partial charge on any atom is -0.449 e. The van der Waals surface area contributed by atoms with Gasteiger partial charge in [0, 0.05) is 47.1 Å². The van der Waals surface area contributed by atoms with E-state index >= 15 is 0 Å². The summed E-state index contributed by atoms with van der Waals surface area (Å²) >= 11 is 7.65. The van der Waals surface area contributed by atoms with E-state index in [0.29, 0.717) is 26.1 Å². The Balaban J connectivity index is 1.26. The smallest absolute Gasteiger partial charge is 0.407 e. The van der Waals surface area contributed by atoms with Crippen molar-refractivity contribution in [3.05, 3.63) is 107 Å². The highest BCUT2D eigenvalue weighted by Gasteiger charge is 2.29. The summed E-state index contributed by atoms with van der Waals surface area (Å²) in [5.41, 5.74) is 5.81. The molecule has 0 spiro atoms. The number of alkyl carbamates (subject to hydrolysis) is 1. The van der Waals surface area contributed by atoms with Gasteiger partial charge in [0.25, 0.3) is 0 Å². The largest absolute Gasteiger partial charge is 0.449 e. The van der Waals surface area contributed by atoms with Crippen molar-refractivity contribution in [2.24, 2.45) is 0 Å². The predicted octanol–water partition coefficient (Wildman–Crippen LogP) is 6.13. The molecule has 0 atom stereocenters. The Bertz CT molecular complexity index is 1370. The SMILES string of the molecule is O=Cc1cccnc1Sc1c(Cl)cncc1CNC(=O)OCC1c2ccccc2-c2ccccc21. The first-order valence-corrected chi connectivity index (χ1v) is 12.1. The number of aldehydes is 1. The second kappa shape index (κ2) is 10.3. The molecule has 1 N–H and O–H groups in total. The van der Waals surface area contributed by atoms with E-state index in [2.05, 4.69) is 39.6 Å². The van der Waals surface area contributed by atoms with Crippen molar-refractivity contribution in [3.8, 4) is 11.1 Å². The van der Waals surface area contributed by atoms with Gasteiger partial charge in [0.2, 0.25) is 0 Å². The van der Waals surface area contributed by atoms with Gasteiger partial charge in [-0.15, -0.1) is 0 Å². The van der Waals surface area contributed by atoms with Crippen LogP contribution >= 0.6 is 23.4 Å². The summed E-state index contributed by atoms with van der Waals surface area (Å²) in [6.07, 6.45) is 4.97. The molecule has 2 heterocycles. The molecule has 1 aliphatic rings. The van der Waals surface area contributed by atoms with Gasteiger partial charge < -0.3 is 10.1 Å². The van der Waals surface area contributed by atoms with E-state index in [1.165, 1.54) is 29.1 Å². The van der Waals surface area contributed by atoms with E-state index in [1.807, 2.05) is 24.3 Å². The average molecular weight is 502 g/mol. The molecule has 4 aromatic rings. The minimum absolute atomic E-state index is 0.0157. The lowest BCUT2D eigenvalue weighted by Crippen LogP contribution is -2.26. The molecule has 5 rings (SSSR count). The standard InChI is InChI=1S/C27H20ClN3O3S/c28-24-14-29-12-18(25(24)35-26-17(15-32)6-5-11-30-26)13-31-27(33)34-16-23-21-9-3-1-7-19(21)20-8-2-4-10-22(20)23/h1-12,14-15,23H,13,16H2,(H,31,33). The summed E-state index contributed by atoms with van der Waals surface area (Å²) < 4.78 is 5.62. The molecule has 0 saturated heterocycles. The number of nitrogens with zero attached hydrogens (tertiary/aromatic N) is 2. The quantitative estimate of drug-likeness (QED) is 0.307. The molecule has 8 heteroatoms. The molecule has 0 radical (unpaired) electrons. The van der Waals surface area contributed by atoms with Crippen molar-refractivity contribution in [3.63, 3.8) is 0 Å². The number of hydrogen-bond donors (Lipinski definition) is 1. The molecule has 0 unspecified atom stereocenters. The summed E-state index contributed by atoms with van der Waals surface area (Å²) in [4.78, 5) is 33.0. The molecule has 2 aromatic heterocycles. The first-order valence-electron chi connectivity index (χ1n) is 10.9. The fourth-order valence-electron chi connectivity index (χ4n) is 4.20. The molecule has 1 amide bonds. The van der Waals surface area contributed by atoms with Gasteiger partial charge in [-0.1, -0.05) is 71.9 Å². The maximum absolute atomic E-state index is 12.6. The summed E-state index contributed by atoms with van der Waals surface area (Å²) in [6, 6.07) is 19.8. The van der Waals surface area contributed by atoms with Crippen LogP contribution < -0.4 is 5.32 Å². The third kappa shape index (κ3) is 4.78. The van der Waals surface area contributed by atoms with Crippen LogP contribution in [0.2, 0.25) is 5.02 Å². The summed E-state index contributed by atoms with van der Waals surface area (Å²) in [5.74, 6) is -0.0157. The third-order valence-electron chi connectivity index (χ3n) is 5.82. The van der Waals surface area contributed by atoms with Crippen LogP contribution in [-0.4, -0.2) is 29.0 Å². The van der Waals surface area contributed by atoms with Crippen molar-refractivity contribution in [1.29, 1.82) is 0 Å². The Hall–Kier alpha value is -3.68. The van der Waals surface area contributed by atoms with Crippen LogP contribution in [0.5, 0.6) is 0 Å². The monoisotopic (exact) mass is 501 g/mol. The van der Waals surface area contributed by atoms with Gasteiger partial charge >= 0.3 is 6.09 Å². The van der Waals surface area contributed by atoms with Gasteiger partial charge in [-0.25, -0.2) is 9.78 Å². The number of carbonyl (C=O) groups excluding carboxylic acids is 2. The van der Waals surface area contributed by atoms with Gasteiger partial charge in [0.05, 0.1) is 5.02 Å². The van der Waals surface area contributed by atoms with Crippen LogP contribution in [-0.2, 0) is 11.3 Å². The molecule has 0 fully saturated rings. The molecule has 35 heavy (non-hydrogen) atoms. The number of carbonyl (C=O) groups is 2. The molecule has 0 bridgehead atoms. The van der Waals surface area contributed by atoms with Gasteiger partial charge in [-0.2, -0.15) is 0 Å². The number of aromatic nitrogens is 2. The second-order valence-corrected chi connectivity index (χ2v) is 9.31. The van der Waals surface area contributed by atoms with Gasteiger partial charge in [0.15, 0.2) is 6.29 Å². The number of hydrogen-bond acceptors (Lipinski definition) is 6. The highest BCUT2D eigenvalue weighted by Crippen LogP contribution is 2.44. The lowest BCUT2D eigenvalue weighted by Gasteiger charge is -2.15. The molecule has 2 aromatic carbocycles. The molecule has 1 aliphatic carbocycles. The summed E-state index contributed by atoms with van der Waals surface area (Å²) in [6.45, 7) is 0.391. The number of amides is 1. The zero-order chi connectivity index (χ0) is 24.2. The summed E-state index contributed by atoms with van der Waals surface area (Å²) in [7, 11) is 0. The lowest BCUT2D eigenvalue weighted by atomic mass is 9.98. The van der Waals surface area contributed by atoms with E-state index in [1.54, 1.807) is 24.5 Å². The maximum Gasteiger partial charge on any atom is 0.407 e. The van der Waals surface area contributed by atoms with Crippen molar-refractivity contribution >= 4 is 35.7 Å². The average Bonchev–Trinajstić information content (AvgIpc) is 3.21. The van der Waals surface area contributed by atoms with Crippen LogP contribution in [0.25, 0.3) is 11.1 Å². The van der Waals surface area contributed by atoms with Gasteiger partial charge in [-0.05, 0) is 34.4 Å². The Morgan fingerprint density at radius 1 is 1.03 bits per heavy atom. The normalized spacial score (nSPS) is 12.0. The lowest BCUT2D eigenvalue weighted by molar-refractivity contribution is 0.112. The van der Waals surface area contributed by atoms with Crippen LogP contribution in [0, 0.1) is 0 Å². The van der Waals surface area contributed by atoms with Crippen molar-refractivity contribution in [1.82, 2.24) is 15.3 Å². The second-order valence-electron chi connectivity index (χ2n) is 7.91. The molecule has 6 nitrogen and oxygen atoms in total. The number of rotatable bonds is 7. The number of nitrogens with one attached hydrogen (secondary N) is 1. The van der Waals surface area contributed by atoms with Crippen molar-refractivity contribution in [2.45, 2.75) is 22.4 Å². The zero-order valence-electron chi connectivity index (χ0n) is 18.5. The number of halogens is 1. The van der Waals surface area contributed by atoms with E-state index in [9.17, 15) is 9.59 Å². The van der Waals surface area contributed by atoms with Gasteiger partial charge in [0.1, 0.15) is 11.6 Å².